The molecule has 0 aliphatic heterocycles. The molecule has 26 heavy (non-hydrogen) atoms. The third kappa shape index (κ3) is 4.81. The lowest BCUT2D eigenvalue weighted by Crippen LogP contribution is -2.15. The number of ether oxygens (including phenoxy) is 1. The minimum Gasteiger partial charge on any atom is -0.492 e. The first-order valence-corrected chi connectivity index (χ1v) is 8.21. The van der Waals surface area contributed by atoms with Crippen LogP contribution in [0, 0.1) is 0 Å². The van der Waals surface area contributed by atoms with Crippen molar-refractivity contribution in [2.24, 2.45) is 16.5 Å². The first-order valence-electron chi connectivity index (χ1n) is 7.84. The summed E-state index contributed by atoms with van der Waals surface area (Å²) in [6.45, 7) is 0.732. The molecule has 5 N–H and O–H groups in total. The summed E-state index contributed by atoms with van der Waals surface area (Å²) in [6, 6.07) is 6.76. The quantitative estimate of drug-likeness (QED) is 0.643. The zero-order chi connectivity index (χ0) is 18.9. The van der Waals surface area contributed by atoms with Gasteiger partial charge in [0.2, 0.25) is 0 Å². The maximum atomic E-state index is 12.4. The van der Waals surface area contributed by atoms with Crippen LogP contribution in [0.2, 0.25) is 5.02 Å². The third-order valence-corrected chi connectivity index (χ3v) is 3.73. The number of aliphatic imine (C=N–C) groups is 1. The average molecular weight is 374 g/mol. The Morgan fingerprint density at radius 2 is 2.19 bits per heavy atom. The molecule has 1 aromatic heterocycles. The van der Waals surface area contributed by atoms with Crippen molar-refractivity contribution < 1.29 is 9.53 Å². The highest BCUT2D eigenvalue weighted by molar-refractivity contribution is 6.34. The molecule has 0 radical (unpaired) electrons. The molecule has 2 rings (SSSR count). The van der Waals surface area contributed by atoms with Gasteiger partial charge in [0, 0.05) is 37.2 Å². The van der Waals surface area contributed by atoms with Crippen molar-refractivity contribution in [3.05, 3.63) is 65.1 Å². The third-order valence-electron chi connectivity index (χ3n) is 3.40. The number of amides is 1. The molecule has 7 nitrogen and oxygen atoms in total. The van der Waals surface area contributed by atoms with Crippen molar-refractivity contribution in [1.29, 1.82) is 0 Å². The van der Waals surface area contributed by atoms with Gasteiger partial charge in [-0.05, 0) is 36.5 Å². The van der Waals surface area contributed by atoms with Crippen LogP contribution in [0.15, 0.2) is 53.9 Å². The van der Waals surface area contributed by atoms with Gasteiger partial charge in [-0.15, -0.1) is 0 Å². The molecule has 0 aliphatic carbocycles. The highest BCUT2D eigenvalue weighted by Crippen LogP contribution is 2.25. The average Bonchev–Trinajstić information content (AvgIpc) is 2.65. The Hall–Kier alpha value is -2.90. The Balaban J connectivity index is 2.35. The van der Waals surface area contributed by atoms with Gasteiger partial charge in [0.15, 0.2) is 0 Å². The Kier molecular flexibility index (Phi) is 7.13. The van der Waals surface area contributed by atoms with Gasteiger partial charge in [0.05, 0.1) is 16.3 Å². The summed E-state index contributed by atoms with van der Waals surface area (Å²) >= 11 is 6.04. The number of benzene rings is 1. The van der Waals surface area contributed by atoms with Gasteiger partial charge in [-0.3, -0.25) is 14.8 Å². The molecule has 0 fully saturated rings. The Labute approximate surface area is 156 Å². The zero-order valence-electron chi connectivity index (χ0n) is 14.3. The number of pyridine rings is 1. The van der Waals surface area contributed by atoms with Crippen LogP contribution in [0.3, 0.4) is 0 Å². The van der Waals surface area contributed by atoms with E-state index in [4.69, 9.17) is 27.8 Å². The number of anilines is 1. The number of carbonyl (C=O) groups excluding carboxylic acids is 1. The maximum Gasteiger partial charge on any atom is 0.258 e. The van der Waals surface area contributed by atoms with Crippen molar-refractivity contribution in [1.82, 2.24) is 4.98 Å². The Morgan fingerprint density at radius 3 is 2.85 bits per heavy atom. The van der Waals surface area contributed by atoms with Gasteiger partial charge in [0.25, 0.3) is 5.91 Å². The molecule has 136 valence electrons. The topological polar surface area (TPSA) is 116 Å². The van der Waals surface area contributed by atoms with Crippen LogP contribution < -0.4 is 21.5 Å². The van der Waals surface area contributed by atoms with Crippen LogP contribution in [-0.2, 0) is 0 Å². The molecular formula is C18H20ClN5O2. The molecule has 0 aliphatic rings. The number of allylic oxidation sites excluding steroid dienone is 1. The normalized spacial score (nSPS) is 11.6. The van der Waals surface area contributed by atoms with Crippen molar-refractivity contribution in [3.63, 3.8) is 0 Å². The minimum absolute atomic E-state index is 0.283. The second-order valence-electron chi connectivity index (χ2n) is 5.13. The first-order chi connectivity index (χ1) is 12.6. The summed E-state index contributed by atoms with van der Waals surface area (Å²) in [5.74, 6) is 0.223. The lowest BCUT2D eigenvalue weighted by atomic mass is 10.1. The molecule has 1 aromatic carbocycles. The van der Waals surface area contributed by atoms with Gasteiger partial charge >= 0.3 is 0 Å². The fraction of sp³-hybridized carbons (Fsp3) is 0.167. The summed E-state index contributed by atoms with van der Waals surface area (Å²) in [4.78, 5) is 20.5. The van der Waals surface area contributed by atoms with Crippen LogP contribution in [0.25, 0.3) is 0 Å². The predicted octanol–water partition coefficient (Wildman–Crippen LogP) is 2.22. The summed E-state index contributed by atoms with van der Waals surface area (Å²) in [6.07, 6.45) is 5.96. The molecule has 0 bridgehead atoms. The maximum absolute atomic E-state index is 12.4. The van der Waals surface area contributed by atoms with Crippen LogP contribution in [-0.4, -0.2) is 36.8 Å². The number of hydrogen-bond acceptors (Lipinski definition) is 6. The van der Waals surface area contributed by atoms with E-state index in [2.05, 4.69) is 15.3 Å². The number of halogens is 1. The minimum atomic E-state index is -0.367. The Bertz CT molecular complexity index is 836. The summed E-state index contributed by atoms with van der Waals surface area (Å²) < 4.78 is 5.65. The predicted molar refractivity (Wildman–Crippen MR) is 104 cm³/mol. The number of hydrogen-bond donors (Lipinski definition) is 3. The lowest BCUT2D eigenvalue weighted by Gasteiger charge is -2.14. The van der Waals surface area contributed by atoms with E-state index >= 15 is 0 Å². The molecule has 0 saturated heterocycles. The van der Waals surface area contributed by atoms with Crippen molar-refractivity contribution in [2.75, 3.05) is 25.5 Å². The number of nitrogens with two attached hydrogens (primary N) is 2. The van der Waals surface area contributed by atoms with Crippen molar-refractivity contribution in [2.45, 2.75) is 0 Å². The van der Waals surface area contributed by atoms with E-state index in [1.807, 2.05) is 0 Å². The molecule has 8 heteroatoms. The number of carbonyl (C=O) groups is 1. The van der Waals surface area contributed by atoms with Gasteiger partial charge in [-0.25, -0.2) is 0 Å². The number of rotatable bonds is 7. The standard InChI is InChI=1S/C18H20ClN5O2/c1-22-16(4-6-20)13-10-12(2-3-17(13)26-9-7-21)24-18(25)14-11-23-8-5-15(14)19/h2-6,8,10-11H,7,9,20-21H2,1H3,(H,24,25). The highest BCUT2D eigenvalue weighted by Gasteiger charge is 2.14. The summed E-state index contributed by atoms with van der Waals surface area (Å²) in [5.41, 5.74) is 13.1. The van der Waals surface area contributed by atoms with E-state index < -0.39 is 0 Å². The second-order valence-corrected chi connectivity index (χ2v) is 5.53. The zero-order valence-corrected chi connectivity index (χ0v) is 15.0. The highest BCUT2D eigenvalue weighted by atomic mass is 35.5. The van der Waals surface area contributed by atoms with E-state index in [-0.39, 0.29) is 11.5 Å². The SMILES string of the molecule is CN=C(C=CN)c1cc(NC(=O)c2cnccc2Cl)ccc1OCCN. The van der Waals surface area contributed by atoms with Crippen molar-refractivity contribution >= 4 is 28.9 Å². The molecule has 0 saturated carbocycles. The van der Waals surface area contributed by atoms with Crippen LogP contribution in [0.4, 0.5) is 5.69 Å². The second kappa shape index (κ2) is 9.55. The number of nitrogens with one attached hydrogen (secondary N) is 1. The molecule has 1 amide bonds. The molecule has 0 unspecified atom stereocenters. The van der Waals surface area contributed by atoms with Crippen LogP contribution in [0.5, 0.6) is 5.75 Å². The Morgan fingerprint density at radius 1 is 1.38 bits per heavy atom. The van der Waals surface area contributed by atoms with E-state index in [1.165, 1.54) is 18.6 Å². The molecule has 0 atom stereocenters. The molecular weight excluding hydrogens is 354 g/mol. The van der Waals surface area contributed by atoms with Gasteiger partial charge in [-0.1, -0.05) is 11.6 Å². The monoisotopic (exact) mass is 373 g/mol. The van der Waals surface area contributed by atoms with Crippen LogP contribution >= 0.6 is 11.6 Å². The molecule has 1 heterocycles. The van der Waals surface area contributed by atoms with Gasteiger partial charge in [0.1, 0.15) is 12.4 Å². The number of aromatic nitrogens is 1. The smallest absolute Gasteiger partial charge is 0.258 e. The summed E-state index contributed by atoms with van der Waals surface area (Å²) in [5, 5.41) is 3.11. The van der Waals surface area contributed by atoms with E-state index in [1.54, 1.807) is 37.4 Å². The van der Waals surface area contributed by atoms with E-state index in [0.29, 0.717) is 40.9 Å². The first kappa shape index (κ1) is 19.4. The van der Waals surface area contributed by atoms with Gasteiger partial charge in [-0.2, -0.15) is 0 Å². The number of nitrogens with zero attached hydrogens (tertiary/aromatic N) is 2. The molecule has 0 spiro atoms. The van der Waals surface area contributed by atoms with Gasteiger partial charge < -0.3 is 21.5 Å². The summed E-state index contributed by atoms with van der Waals surface area (Å²) in [7, 11) is 1.64. The fourth-order valence-corrected chi connectivity index (χ4v) is 2.41. The van der Waals surface area contributed by atoms with Crippen LogP contribution in [0.1, 0.15) is 15.9 Å². The fourth-order valence-electron chi connectivity index (χ4n) is 2.22. The van der Waals surface area contributed by atoms with Crippen molar-refractivity contribution in [3.8, 4) is 5.75 Å². The van der Waals surface area contributed by atoms with E-state index in [9.17, 15) is 4.79 Å². The largest absolute Gasteiger partial charge is 0.492 e. The van der Waals surface area contributed by atoms with E-state index in [0.717, 1.165) is 0 Å². The lowest BCUT2D eigenvalue weighted by molar-refractivity contribution is 0.102. The molecule has 2 aromatic rings.